The number of carbonyl (C=O) groups excluding carboxylic acids is 1. The number of fused-ring (bicyclic) bond motifs is 1. The van der Waals surface area contributed by atoms with Crippen molar-refractivity contribution in [2.45, 2.75) is 6.18 Å². The molecule has 0 saturated carbocycles. The number of urea groups is 1. The van der Waals surface area contributed by atoms with Crippen molar-refractivity contribution in [1.29, 1.82) is 0 Å². The molecule has 238 valence electrons. The number of alkyl halides is 3. The van der Waals surface area contributed by atoms with E-state index >= 15 is 0 Å². The molecule has 0 radical (unpaired) electrons. The minimum atomic E-state index is -4.48. The molecule has 1 fully saturated rings. The monoisotopic (exact) mass is 668 g/mol. The van der Waals surface area contributed by atoms with Gasteiger partial charge in [-0.1, -0.05) is 29.8 Å². The van der Waals surface area contributed by atoms with Crippen LogP contribution in [0.2, 0.25) is 5.02 Å². The molecule has 14 heteroatoms. The van der Waals surface area contributed by atoms with Gasteiger partial charge in [0.1, 0.15) is 28.5 Å². The molecule has 1 aliphatic heterocycles. The normalized spacial score (nSPS) is 13.8. The Morgan fingerprint density at radius 1 is 1.00 bits per heavy atom. The smallest absolute Gasteiger partial charge is 0.416 e. The van der Waals surface area contributed by atoms with E-state index in [0.717, 1.165) is 65.6 Å². The van der Waals surface area contributed by atoms with Gasteiger partial charge in [-0.25, -0.2) is 14.8 Å². The van der Waals surface area contributed by atoms with E-state index in [-0.39, 0.29) is 22.6 Å². The van der Waals surface area contributed by atoms with Crippen LogP contribution in [0, 0.1) is 0 Å². The second-order valence-corrected chi connectivity index (χ2v) is 11.8. The second-order valence-electron chi connectivity index (χ2n) is 10.4. The van der Waals surface area contributed by atoms with Gasteiger partial charge in [0.05, 0.1) is 29.2 Å². The average Bonchev–Trinajstić information content (AvgIpc) is 3.49. The van der Waals surface area contributed by atoms with E-state index in [0.29, 0.717) is 23.7 Å². The molecule has 0 spiro atoms. The number of morpholine rings is 1. The van der Waals surface area contributed by atoms with Gasteiger partial charge >= 0.3 is 12.2 Å². The van der Waals surface area contributed by atoms with Crippen molar-refractivity contribution < 1.29 is 27.4 Å². The van der Waals surface area contributed by atoms with Gasteiger partial charge in [-0.15, -0.1) is 11.3 Å². The lowest BCUT2D eigenvalue weighted by Gasteiger charge is -2.26. The summed E-state index contributed by atoms with van der Waals surface area (Å²) in [5, 5.41) is 10.00. The Kier molecular flexibility index (Phi) is 9.54. The number of ether oxygens (including phenoxy) is 2. The van der Waals surface area contributed by atoms with Crippen LogP contribution < -0.4 is 20.7 Å². The van der Waals surface area contributed by atoms with Crippen LogP contribution in [0.1, 0.15) is 5.56 Å². The minimum Gasteiger partial charge on any atom is -0.456 e. The molecule has 5 aromatic rings. The van der Waals surface area contributed by atoms with Crippen molar-refractivity contribution in [2.24, 2.45) is 0 Å². The Labute approximate surface area is 271 Å². The maximum Gasteiger partial charge on any atom is 0.416 e. The van der Waals surface area contributed by atoms with Crippen LogP contribution in [0.4, 0.5) is 35.2 Å². The Hall–Kier alpha value is -4.43. The van der Waals surface area contributed by atoms with Crippen molar-refractivity contribution >= 4 is 56.4 Å². The van der Waals surface area contributed by atoms with Crippen molar-refractivity contribution in [3.8, 4) is 21.9 Å². The summed E-state index contributed by atoms with van der Waals surface area (Å²) in [7, 11) is 0. The SMILES string of the molecule is O=C(NCCN1CCOCC1)Nc1ccc(-c2cc3c(Nc4ccc(Oc5cccc(C(F)(F)F)c5)c(Cl)c4)ncnc3s2)cc1. The highest BCUT2D eigenvalue weighted by atomic mass is 35.5. The number of hydrogen-bond acceptors (Lipinski definition) is 8. The third-order valence-corrected chi connectivity index (χ3v) is 8.55. The van der Waals surface area contributed by atoms with Gasteiger partial charge in [0.2, 0.25) is 0 Å². The first-order valence-corrected chi connectivity index (χ1v) is 15.5. The van der Waals surface area contributed by atoms with Crippen LogP contribution in [0.3, 0.4) is 0 Å². The quantitative estimate of drug-likeness (QED) is 0.146. The van der Waals surface area contributed by atoms with E-state index in [4.69, 9.17) is 21.1 Å². The van der Waals surface area contributed by atoms with E-state index in [2.05, 4.69) is 30.8 Å². The van der Waals surface area contributed by atoms with Gasteiger partial charge in [-0.2, -0.15) is 13.2 Å². The molecule has 9 nitrogen and oxygen atoms in total. The first-order chi connectivity index (χ1) is 22.2. The largest absolute Gasteiger partial charge is 0.456 e. The zero-order valence-corrected chi connectivity index (χ0v) is 25.8. The third-order valence-electron chi connectivity index (χ3n) is 7.16. The van der Waals surface area contributed by atoms with E-state index in [1.807, 2.05) is 30.3 Å². The third kappa shape index (κ3) is 7.85. The number of amides is 2. The van der Waals surface area contributed by atoms with E-state index in [9.17, 15) is 18.0 Å². The number of benzene rings is 3. The molecule has 46 heavy (non-hydrogen) atoms. The molecule has 0 atom stereocenters. The molecule has 3 N–H and O–H groups in total. The summed E-state index contributed by atoms with van der Waals surface area (Å²) in [5.41, 5.74) is 1.42. The van der Waals surface area contributed by atoms with Gasteiger partial charge in [0, 0.05) is 42.4 Å². The van der Waals surface area contributed by atoms with Crippen LogP contribution in [-0.4, -0.2) is 60.3 Å². The molecule has 0 bridgehead atoms. The number of nitrogens with one attached hydrogen (secondary N) is 3. The molecular formula is C32H28ClF3N6O3S. The van der Waals surface area contributed by atoms with Crippen LogP contribution in [0.15, 0.2) is 79.1 Å². The fourth-order valence-electron chi connectivity index (χ4n) is 4.80. The predicted octanol–water partition coefficient (Wildman–Crippen LogP) is 8.02. The fourth-order valence-corrected chi connectivity index (χ4v) is 6.03. The Balaban J connectivity index is 1.09. The number of aromatic nitrogens is 2. The zero-order chi connectivity index (χ0) is 32.1. The standard InChI is InChI=1S/C32H28ClF3N6O3S/c33-26-17-23(8-9-27(26)45-24-3-1-2-21(16-24)32(34,35)36)40-29-25-18-28(46-30(25)39-19-38-29)20-4-6-22(7-5-20)41-31(43)37-10-11-42-12-14-44-15-13-42/h1-9,16-19H,10-15H2,(H2,37,41,43)(H,38,39,40). The molecule has 2 aromatic heterocycles. The summed E-state index contributed by atoms with van der Waals surface area (Å²) < 4.78 is 50.2. The fraction of sp³-hybridized carbons (Fsp3) is 0.219. The first kappa shape index (κ1) is 31.5. The highest BCUT2D eigenvalue weighted by Crippen LogP contribution is 2.38. The number of nitrogens with zero attached hydrogens (tertiary/aromatic N) is 3. The van der Waals surface area contributed by atoms with Gasteiger partial charge in [0.25, 0.3) is 0 Å². The van der Waals surface area contributed by atoms with Gasteiger partial charge < -0.3 is 25.4 Å². The van der Waals surface area contributed by atoms with Crippen molar-refractivity contribution in [3.63, 3.8) is 0 Å². The number of hydrogen-bond donors (Lipinski definition) is 3. The summed E-state index contributed by atoms with van der Waals surface area (Å²) in [6.07, 6.45) is -3.02. The van der Waals surface area contributed by atoms with Crippen LogP contribution >= 0.6 is 22.9 Å². The Bertz CT molecular complexity index is 1830. The highest BCUT2D eigenvalue weighted by Gasteiger charge is 2.30. The minimum absolute atomic E-state index is 0.0207. The predicted molar refractivity (Wildman–Crippen MR) is 173 cm³/mol. The van der Waals surface area contributed by atoms with Gasteiger partial charge in [0.15, 0.2) is 0 Å². The first-order valence-electron chi connectivity index (χ1n) is 14.3. The summed E-state index contributed by atoms with van der Waals surface area (Å²) in [5.74, 6) is 0.787. The van der Waals surface area contributed by atoms with E-state index < -0.39 is 11.7 Å². The second kappa shape index (κ2) is 13.9. The number of thiophene rings is 1. The van der Waals surface area contributed by atoms with Crippen molar-refractivity contribution in [3.05, 3.63) is 89.7 Å². The number of halogens is 4. The lowest BCUT2D eigenvalue weighted by molar-refractivity contribution is -0.137. The van der Waals surface area contributed by atoms with Crippen LogP contribution in [-0.2, 0) is 10.9 Å². The van der Waals surface area contributed by atoms with Gasteiger partial charge in [-0.05, 0) is 60.2 Å². The highest BCUT2D eigenvalue weighted by molar-refractivity contribution is 7.21. The summed E-state index contributed by atoms with van der Waals surface area (Å²) >= 11 is 7.92. The van der Waals surface area contributed by atoms with E-state index in [1.165, 1.54) is 29.8 Å². The molecular weight excluding hydrogens is 641 g/mol. The summed E-state index contributed by atoms with van der Waals surface area (Å²) in [4.78, 5) is 25.1. The van der Waals surface area contributed by atoms with Crippen molar-refractivity contribution in [2.75, 3.05) is 50.0 Å². The zero-order valence-electron chi connectivity index (χ0n) is 24.2. The van der Waals surface area contributed by atoms with E-state index in [1.54, 1.807) is 18.2 Å². The lowest BCUT2D eigenvalue weighted by Crippen LogP contribution is -2.42. The van der Waals surface area contributed by atoms with Crippen LogP contribution in [0.5, 0.6) is 11.5 Å². The van der Waals surface area contributed by atoms with Crippen LogP contribution in [0.25, 0.3) is 20.7 Å². The maximum absolute atomic E-state index is 13.1. The topological polar surface area (TPSA) is 101 Å². The maximum atomic E-state index is 13.1. The molecule has 3 heterocycles. The molecule has 1 saturated heterocycles. The molecule has 2 amide bonds. The summed E-state index contributed by atoms with van der Waals surface area (Å²) in [6, 6.07) is 18.7. The number of rotatable bonds is 9. The molecule has 1 aliphatic rings. The molecule has 3 aromatic carbocycles. The Morgan fingerprint density at radius 2 is 1.78 bits per heavy atom. The summed E-state index contributed by atoms with van der Waals surface area (Å²) in [6.45, 7) is 4.51. The van der Waals surface area contributed by atoms with Gasteiger partial charge in [-0.3, -0.25) is 4.90 Å². The van der Waals surface area contributed by atoms with Crippen molar-refractivity contribution in [1.82, 2.24) is 20.2 Å². The lowest BCUT2D eigenvalue weighted by atomic mass is 10.1. The molecule has 0 aliphatic carbocycles. The molecule has 6 rings (SSSR count). The Morgan fingerprint density at radius 3 is 2.54 bits per heavy atom. The number of anilines is 3. The number of carbonyl (C=O) groups is 1. The average molecular weight is 669 g/mol. The molecule has 0 unspecified atom stereocenters.